The molecule has 0 atom stereocenters. The summed E-state index contributed by atoms with van der Waals surface area (Å²) in [5, 5.41) is 12.9. The van der Waals surface area contributed by atoms with Gasteiger partial charge >= 0.3 is 0 Å². The fraction of sp³-hybridized carbons (Fsp3) is 0.0870. The lowest BCUT2D eigenvalue weighted by molar-refractivity contribution is -0.113. The van der Waals surface area contributed by atoms with Crippen LogP contribution in [0.3, 0.4) is 0 Å². The maximum atomic E-state index is 12.5. The van der Waals surface area contributed by atoms with Gasteiger partial charge in [0.25, 0.3) is 0 Å². The zero-order valence-electron chi connectivity index (χ0n) is 16.5. The number of carbonyl (C=O) groups excluding carboxylic acids is 1. The third kappa shape index (κ3) is 5.36. The summed E-state index contributed by atoms with van der Waals surface area (Å²) in [6.45, 7) is 2.04. The summed E-state index contributed by atoms with van der Waals surface area (Å²) in [4.78, 5) is 12.5. The van der Waals surface area contributed by atoms with Crippen LogP contribution < -0.4 is 5.32 Å². The molecule has 0 bridgehead atoms. The number of aryl methyl sites for hydroxylation is 1. The van der Waals surface area contributed by atoms with E-state index < -0.39 is 0 Å². The summed E-state index contributed by atoms with van der Waals surface area (Å²) in [6, 6.07) is 23.1. The Balaban J connectivity index is 1.60. The molecule has 0 saturated carbocycles. The summed E-state index contributed by atoms with van der Waals surface area (Å²) in [5.74, 6) is 0.794. The van der Waals surface area contributed by atoms with Crippen molar-refractivity contribution in [2.24, 2.45) is 0 Å². The molecule has 0 saturated heterocycles. The van der Waals surface area contributed by atoms with Crippen LogP contribution in [-0.2, 0) is 4.79 Å². The van der Waals surface area contributed by atoms with Crippen molar-refractivity contribution in [2.45, 2.75) is 12.1 Å². The van der Waals surface area contributed by atoms with E-state index in [1.165, 1.54) is 11.8 Å². The zero-order valence-corrected chi connectivity index (χ0v) is 19.7. The number of benzene rings is 3. The van der Waals surface area contributed by atoms with Gasteiger partial charge in [0.2, 0.25) is 5.91 Å². The molecular formula is C23H18BrClN4OS. The van der Waals surface area contributed by atoms with Crippen LogP contribution in [0, 0.1) is 6.92 Å². The van der Waals surface area contributed by atoms with Gasteiger partial charge in [0.1, 0.15) is 0 Å². The molecule has 0 aliphatic carbocycles. The van der Waals surface area contributed by atoms with E-state index in [4.69, 9.17) is 11.6 Å². The van der Waals surface area contributed by atoms with Gasteiger partial charge in [-0.2, -0.15) is 0 Å². The molecule has 1 heterocycles. The summed E-state index contributed by atoms with van der Waals surface area (Å²) in [5.41, 5.74) is 3.72. The third-order valence-corrected chi connectivity index (χ3v) is 6.17. The number of carbonyl (C=O) groups is 1. The Morgan fingerprint density at radius 1 is 1.06 bits per heavy atom. The number of amides is 1. The fourth-order valence-electron chi connectivity index (χ4n) is 3.01. The largest absolute Gasteiger partial charge is 0.325 e. The van der Waals surface area contributed by atoms with E-state index >= 15 is 0 Å². The molecule has 156 valence electrons. The van der Waals surface area contributed by atoms with Gasteiger partial charge < -0.3 is 5.32 Å². The van der Waals surface area contributed by atoms with Crippen molar-refractivity contribution >= 4 is 50.9 Å². The number of anilines is 1. The summed E-state index contributed by atoms with van der Waals surface area (Å²) >= 11 is 10.7. The molecule has 0 fully saturated rings. The van der Waals surface area contributed by atoms with Crippen molar-refractivity contribution in [1.29, 1.82) is 0 Å². The molecule has 5 nitrogen and oxygen atoms in total. The summed E-state index contributed by atoms with van der Waals surface area (Å²) < 4.78 is 2.97. The minimum Gasteiger partial charge on any atom is -0.325 e. The lowest BCUT2D eigenvalue weighted by Crippen LogP contribution is -2.14. The number of nitrogens with one attached hydrogen (secondary N) is 1. The third-order valence-electron chi connectivity index (χ3n) is 4.46. The van der Waals surface area contributed by atoms with E-state index in [1.807, 2.05) is 54.0 Å². The van der Waals surface area contributed by atoms with E-state index in [9.17, 15) is 4.79 Å². The van der Waals surface area contributed by atoms with Crippen molar-refractivity contribution < 1.29 is 4.79 Å². The molecule has 31 heavy (non-hydrogen) atoms. The first-order valence-corrected chi connectivity index (χ1v) is 11.6. The first kappa shape index (κ1) is 21.6. The van der Waals surface area contributed by atoms with Crippen LogP contribution in [0.5, 0.6) is 0 Å². The number of hydrogen-bond acceptors (Lipinski definition) is 4. The topological polar surface area (TPSA) is 59.8 Å². The fourth-order valence-corrected chi connectivity index (χ4v) is 4.15. The molecule has 3 aromatic carbocycles. The molecule has 4 rings (SSSR count). The standard InChI is InChI=1S/C23H18BrClN4OS/c1-15-3-2-4-20(13-15)29-22(16-5-7-17(24)8-6-16)27-28-23(29)31-14-21(30)26-19-11-9-18(25)10-12-19/h2-13H,14H2,1H3,(H,26,30). The van der Waals surface area contributed by atoms with E-state index in [1.54, 1.807) is 24.3 Å². The Labute approximate surface area is 198 Å². The molecule has 4 aromatic rings. The SMILES string of the molecule is Cc1cccc(-n2c(SCC(=O)Nc3ccc(Cl)cc3)nnc2-c2ccc(Br)cc2)c1. The van der Waals surface area contributed by atoms with Gasteiger partial charge in [0, 0.05) is 26.4 Å². The van der Waals surface area contributed by atoms with E-state index in [0.29, 0.717) is 15.9 Å². The predicted molar refractivity (Wildman–Crippen MR) is 130 cm³/mol. The molecule has 1 N–H and O–H groups in total. The number of hydrogen-bond donors (Lipinski definition) is 1. The molecule has 8 heteroatoms. The lowest BCUT2D eigenvalue weighted by atomic mass is 10.2. The molecular weight excluding hydrogens is 496 g/mol. The van der Waals surface area contributed by atoms with Crippen molar-refractivity contribution in [1.82, 2.24) is 14.8 Å². The van der Waals surface area contributed by atoms with Crippen LogP contribution in [0.1, 0.15) is 5.56 Å². The van der Waals surface area contributed by atoms with Crippen LogP contribution in [0.25, 0.3) is 17.1 Å². The highest BCUT2D eigenvalue weighted by atomic mass is 79.9. The Morgan fingerprint density at radius 2 is 1.81 bits per heavy atom. The highest BCUT2D eigenvalue weighted by Gasteiger charge is 2.17. The first-order valence-electron chi connectivity index (χ1n) is 9.46. The summed E-state index contributed by atoms with van der Waals surface area (Å²) in [7, 11) is 0. The van der Waals surface area contributed by atoms with E-state index in [0.717, 1.165) is 27.1 Å². The van der Waals surface area contributed by atoms with Crippen LogP contribution in [-0.4, -0.2) is 26.4 Å². The smallest absolute Gasteiger partial charge is 0.234 e. The molecule has 1 amide bonds. The summed E-state index contributed by atoms with van der Waals surface area (Å²) in [6.07, 6.45) is 0. The van der Waals surface area contributed by atoms with Gasteiger partial charge in [-0.15, -0.1) is 10.2 Å². The first-order chi connectivity index (χ1) is 15.0. The lowest BCUT2D eigenvalue weighted by Gasteiger charge is -2.11. The molecule has 0 aliphatic rings. The predicted octanol–water partition coefficient (Wildman–Crippen LogP) is 6.39. The van der Waals surface area contributed by atoms with Gasteiger partial charge in [0.15, 0.2) is 11.0 Å². The Morgan fingerprint density at radius 3 is 2.52 bits per heavy atom. The molecule has 0 spiro atoms. The number of nitrogens with zero attached hydrogens (tertiary/aromatic N) is 3. The minimum atomic E-state index is -0.128. The second kappa shape index (κ2) is 9.68. The van der Waals surface area contributed by atoms with Gasteiger partial charge in [-0.25, -0.2) is 0 Å². The quantitative estimate of drug-likeness (QED) is 0.304. The second-order valence-corrected chi connectivity index (χ2v) is 9.13. The van der Waals surface area contributed by atoms with Gasteiger partial charge in [-0.1, -0.05) is 63.6 Å². The number of aromatic nitrogens is 3. The second-order valence-electron chi connectivity index (χ2n) is 6.83. The Hall–Kier alpha value is -2.61. The van der Waals surface area contributed by atoms with E-state index in [-0.39, 0.29) is 11.7 Å². The average Bonchev–Trinajstić information content (AvgIpc) is 3.18. The van der Waals surface area contributed by atoms with Gasteiger partial charge in [-0.05, 0) is 61.0 Å². The van der Waals surface area contributed by atoms with Crippen molar-refractivity contribution in [2.75, 3.05) is 11.1 Å². The molecule has 0 radical (unpaired) electrons. The van der Waals surface area contributed by atoms with Gasteiger partial charge in [0.05, 0.1) is 5.75 Å². The molecule has 1 aromatic heterocycles. The van der Waals surface area contributed by atoms with Gasteiger partial charge in [-0.3, -0.25) is 9.36 Å². The van der Waals surface area contributed by atoms with Crippen LogP contribution in [0.2, 0.25) is 5.02 Å². The Kier molecular flexibility index (Phi) is 6.75. The molecule has 0 unspecified atom stereocenters. The van der Waals surface area contributed by atoms with Crippen LogP contribution in [0.15, 0.2) is 82.4 Å². The van der Waals surface area contributed by atoms with Crippen molar-refractivity contribution in [3.63, 3.8) is 0 Å². The van der Waals surface area contributed by atoms with Crippen molar-refractivity contribution in [3.8, 4) is 17.1 Å². The zero-order chi connectivity index (χ0) is 21.8. The normalized spacial score (nSPS) is 10.8. The number of thioether (sulfide) groups is 1. The Bertz CT molecular complexity index is 1210. The van der Waals surface area contributed by atoms with Crippen molar-refractivity contribution in [3.05, 3.63) is 87.9 Å². The highest BCUT2D eigenvalue weighted by Crippen LogP contribution is 2.29. The number of halogens is 2. The highest BCUT2D eigenvalue weighted by molar-refractivity contribution is 9.10. The van der Waals surface area contributed by atoms with Crippen LogP contribution >= 0.6 is 39.3 Å². The number of rotatable bonds is 6. The minimum absolute atomic E-state index is 0.128. The average molecular weight is 514 g/mol. The van der Waals surface area contributed by atoms with Crippen LogP contribution in [0.4, 0.5) is 5.69 Å². The monoisotopic (exact) mass is 512 g/mol. The maximum absolute atomic E-state index is 12.5. The van der Waals surface area contributed by atoms with E-state index in [2.05, 4.69) is 37.5 Å². The molecule has 0 aliphatic heterocycles. The maximum Gasteiger partial charge on any atom is 0.234 e.